The SMILES string of the molecule is C=CCNc1nnc(SCC(=O)N(CCC#N)c2ccc3c(c2)OCCO3)s1. The van der Waals surface area contributed by atoms with Crippen LogP contribution in [0.1, 0.15) is 6.42 Å². The zero-order valence-electron chi connectivity index (χ0n) is 15.1. The minimum atomic E-state index is -0.118. The van der Waals surface area contributed by atoms with Gasteiger partial charge in [0, 0.05) is 24.8 Å². The predicted octanol–water partition coefficient (Wildman–Crippen LogP) is 2.95. The van der Waals surface area contributed by atoms with Crippen LogP contribution in [0.25, 0.3) is 0 Å². The monoisotopic (exact) mass is 417 g/mol. The highest BCUT2D eigenvalue weighted by Gasteiger charge is 2.20. The van der Waals surface area contributed by atoms with Crippen LogP contribution in [-0.4, -0.2) is 48.2 Å². The average molecular weight is 418 g/mol. The van der Waals surface area contributed by atoms with E-state index in [4.69, 9.17) is 14.7 Å². The van der Waals surface area contributed by atoms with Crippen LogP contribution in [0.5, 0.6) is 11.5 Å². The number of nitriles is 1. The van der Waals surface area contributed by atoms with Crippen LogP contribution in [0.4, 0.5) is 10.8 Å². The van der Waals surface area contributed by atoms with E-state index in [1.54, 1.807) is 29.2 Å². The molecule has 0 atom stereocenters. The molecule has 146 valence electrons. The maximum Gasteiger partial charge on any atom is 0.237 e. The summed E-state index contributed by atoms with van der Waals surface area (Å²) in [6, 6.07) is 7.45. The predicted molar refractivity (Wildman–Crippen MR) is 109 cm³/mol. The maximum absolute atomic E-state index is 12.8. The van der Waals surface area contributed by atoms with Gasteiger partial charge < -0.3 is 19.7 Å². The first-order chi connectivity index (χ1) is 13.7. The molecule has 0 saturated heterocycles. The Bertz CT molecular complexity index is 880. The van der Waals surface area contributed by atoms with E-state index in [2.05, 4.69) is 28.2 Å². The fourth-order valence-electron chi connectivity index (χ4n) is 2.46. The largest absolute Gasteiger partial charge is 0.486 e. The van der Waals surface area contributed by atoms with E-state index >= 15 is 0 Å². The molecule has 2 aromatic rings. The van der Waals surface area contributed by atoms with Crippen molar-refractivity contribution in [2.75, 3.05) is 42.3 Å². The molecular formula is C18H19N5O3S2. The quantitative estimate of drug-likeness (QED) is 0.491. The number of ether oxygens (including phenoxy) is 2. The molecular weight excluding hydrogens is 398 g/mol. The standard InChI is InChI=1S/C18H19N5O3S2/c1-2-7-20-17-21-22-18(28-17)27-12-16(24)23(8-3-6-19)13-4-5-14-15(11-13)26-10-9-25-14/h2,4-5,11H,1,3,7-10,12H2,(H,20,21). The lowest BCUT2D eigenvalue weighted by molar-refractivity contribution is -0.116. The minimum absolute atomic E-state index is 0.118. The molecule has 1 aromatic heterocycles. The van der Waals surface area contributed by atoms with E-state index in [9.17, 15) is 4.79 Å². The summed E-state index contributed by atoms with van der Waals surface area (Å²) in [6.07, 6.45) is 1.97. The van der Waals surface area contributed by atoms with Crippen LogP contribution in [0, 0.1) is 11.3 Å². The normalized spacial score (nSPS) is 12.1. The fourth-order valence-corrected chi connectivity index (χ4v) is 4.09. The zero-order chi connectivity index (χ0) is 19.8. The van der Waals surface area contributed by atoms with Crippen LogP contribution in [0.2, 0.25) is 0 Å². The van der Waals surface area contributed by atoms with Crippen LogP contribution < -0.4 is 19.7 Å². The van der Waals surface area contributed by atoms with Gasteiger partial charge >= 0.3 is 0 Å². The van der Waals surface area contributed by atoms with Gasteiger partial charge in [-0.2, -0.15) is 5.26 Å². The number of thioether (sulfide) groups is 1. The molecule has 1 amide bonds. The highest BCUT2D eigenvalue weighted by molar-refractivity contribution is 8.01. The molecule has 1 aliphatic rings. The Morgan fingerprint density at radius 1 is 1.39 bits per heavy atom. The Balaban J connectivity index is 1.67. The Morgan fingerprint density at radius 3 is 3.00 bits per heavy atom. The number of fused-ring (bicyclic) bond motifs is 1. The highest BCUT2D eigenvalue weighted by atomic mass is 32.2. The van der Waals surface area contributed by atoms with Gasteiger partial charge in [-0.1, -0.05) is 29.2 Å². The minimum Gasteiger partial charge on any atom is -0.486 e. The Kier molecular flexibility index (Phi) is 7.11. The van der Waals surface area contributed by atoms with Crippen LogP contribution in [-0.2, 0) is 4.79 Å². The zero-order valence-corrected chi connectivity index (χ0v) is 16.7. The van der Waals surface area contributed by atoms with E-state index in [1.165, 1.54) is 23.1 Å². The number of benzene rings is 1. The highest BCUT2D eigenvalue weighted by Crippen LogP contribution is 2.34. The van der Waals surface area contributed by atoms with Crippen LogP contribution >= 0.6 is 23.1 Å². The van der Waals surface area contributed by atoms with E-state index in [-0.39, 0.29) is 18.1 Å². The van der Waals surface area contributed by atoms with E-state index in [0.29, 0.717) is 53.0 Å². The molecule has 0 spiro atoms. The van der Waals surface area contributed by atoms with Crippen molar-refractivity contribution in [2.45, 2.75) is 10.8 Å². The number of hydrogen-bond acceptors (Lipinski definition) is 9. The summed E-state index contributed by atoms with van der Waals surface area (Å²) in [5.74, 6) is 1.34. The van der Waals surface area contributed by atoms with E-state index < -0.39 is 0 Å². The molecule has 0 aliphatic carbocycles. The maximum atomic E-state index is 12.8. The number of aromatic nitrogens is 2. The van der Waals surface area contributed by atoms with Crippen molar-refractivity contribution in [1.82, 2.24) is 10.2 Å². The van der Waals surface area contributed by atoms with Gasteiger partial charge in [0.1, 0.15) is 13.2 Å². The number of carbonyl (C=O) groups is 1. The van der Waals surface area contributed by atoms with Gasteiger partial charge in [-0.15, -0.1) is 16.8 Å². The number of rotatable bonds is 9. The van der Waals surface area contributed by atoms with Crippen molar-refractivity contribution in [3.8, 4) is 17.6 Å². The molecule has 0 bridgehead atoms. The molecule has 0 saturated carbocycles. The molecule has 1 aromatic carbocycles. The lowest BCUT2D eigenvalue weighted by Crippen LogP contribution is -2.33. The molecule has 0 fully saturated rings. The summed E-state index contributed by atoms with van der Waals surface area (Å²) in [6.45, 7) is 5.52. The second-order valence-electron chi connectivity index (χ2n) is 5.61. The fraction of sp³-hybridized carbons (Fsp3) is 0.333. The van der Waals surface area contributed by atoms with Crippen LogP contribution in [0.3, 0.4) is 0 Å². The molecule has 2 heterocycles. The third-order valence-corrected chi connectivity index (χ3v) is 5.71. The number of nitrogens with zero attached hydrogens (tertiary/aromatic N) is 4. The summed E-state index contributed by atoms with van der Waals surface area (Å²) in [5.41, 5.74) is 0.677. The average Bonchev–Trinajstić information content (AvgIpc) is 3.18. The summed E-state index contributed by atoms with van der Waals surface area (Å²) in [7, 11) is 0. The van der Waals surface area contributed by atoms with Gasteiger partial charge in [0.2, 0.25) is 11.0 Å². The van der Waals surface area contributed by atoms with Crippen molar-refractivity contribution in [3.05, 3.63) is 30.9 Å². The van der Waals surface area contributed by atoms with Crippen molar-refractivity contribution in [2.24, 2.45) is 0 Å². The van der Waals surface area contributed by atoms with Gasteiger partial charge in [-0.25, -0.2) is 0 Å². The number of nitrogens with one attached hydrogen (secondary N) is 1. The summed E-state index contributed by atoms with van der Waals surface area (Å²) >= 11 is 2.70. The number of hydrogen-bond donors (Lipinski definition) is 1. The van der Waals surface area contributed by atoms with Crippen molar-refractivity contribution in [1.29, 1.82) is 5.26 Å². The summed E-state index contributed by atoms with van der Waals surface area (Å²) in [5, 5.41) is 20.8. The van der Waals surface area contributed by atoms with Crippen LogP contribution in [0.15, 0.2) is 35.2 Å². The Morgan fingerprint density at radius 2 is 2.21 bits per heavy atom. The molecule has 1 N–H and O–H groups in total. The molecule has 1 aliphatic heterocycles. The lowest BCUT2D eigenvalue weighted by Gasteiger charge is -2.24. The van der Waals surface area contributed by atoms with Crippen molar-refractivity contribution in [3.63, 3.8) is 0 Å². The van der Waals surface area contributed by atoms with Gasteiger partial charge in [0.25, 0.3) is 0 Å². The first kappa shape index (κ1) is 20.0. The molecule has 8 nitrogen and oxygen atoms in total. The van der Waals surface area contributed by atoms with E-state index in [1.807, 2.05) is 0 Å². The van der Waals surface area contributed by atoms with E-state index in [0.717, 1.165) is 0 Å². The van der Waals surface area contributed by atoms with Gasteiger partial charge in [0.15, 0.2) is 15.8 Å². The molecule has 0 radical (unpaired) electrons. The number of amides is 1. The second kappa shape index (κ2) is 9.96. The Labute approximate surface area is 171 Å². The Hall–Kier alpha value is -2.77. The number of carbonyl (C=O) groups excluding carboxylic acids is 1. The molecule has 3 rings (SSSR count). The van der Waals surface area contributed by atoms with Crippen molar-refractivity contribution < 1.29 is 14.3 Å². The van der Waals surface area contributed by atoms with Gasteiger partial charge in [-0.05, 0) is 12.1 Å². The molecule has 28 heavy (non-hydrogen) atoms. The smallest absolute Gasteiger partial charge is 0.237 e. The van der Waals surface area contributed by atoms with Crippen molar-refractivity contribution >= 4 is 39.8 Å². The second-order valence-corrected chi connectivity index (χ2v) is 7.81. The summed E-state index contributed by atoms with van der Waals surface area (Å²) < 4.78 is 11.8. The number of anilines is 2. The summed E-state index contributed by atoms with van der Waals surface area (Å²) in [4.78, 5) is 14.4. The third kappa shape index (κ3) is 5.15. The lowest BCUT2D eigenvalue weighted by atomic mass is 10.2. The first-order valence-corrected chi connectivity index (χ1v) is 10.4. The van der Waals surface area contributed by atoms with Gasteiger partial charge in [-0.3, -0.25) is 4.79 Å². The topological polar surface area (TPSA) is 100 Å². The molecule has 10 heteroatoms. The molecule has 0 unspecified atom stereocenters. The third-order valence-electron chi connectivity index (χ3n) is 3.71. The first-order valence-electron chi connectivity index (χ1n) is 8.59. The van der Waals surface area contributed by atoms with Gasteiger partial charge in [0.05, 0.1) is 18.2 Å².